The normalized spacial score (nSPS) is 20.8. The average Bonchev–Trinajstić information content (AvgIpc) is 2.32. The first-order valence-corrected chi connectivity index (χ1v) is 6.86. The Hall–Kier alpha value is -0.610. The molecule has 1 heterocycles. The smallest absolute Gasteiger partial charge is 0.288 e. The minimum atomic E-state index is -2.33. The molecule has 0 saturated carbocycles. The SMILES string of the molecule is FC(F)Sc1ccc(CC2CCCNC2)cc1. The van der Waals surface area contributed by atoms with E-state index in [1.54, 1.807) is 12.1 Å². The molecule has 0 radical (unpaired) electrons. The van der Waals surface area contributed by atoms with Crippen molar-refractivity contribution in [2.75, 3.05) is 13.1 Å². The van der Waals surface area contributed by atoms with Gasteiger partial charge in [-0.2, -0.15) is 8.78 Å². The molecule has 1 unspecified atom stereocenters. The first-order valence-electron chi connectivity index (χ1n) is 5.98. The average molecular weight is 257 g/mol. The van der Waals surface area contributed by atoms with Crippen molar-refractivity contribution < 1.29 is 8.78 Å². The van der Waals surface area contributed by atoms with E-state index < -0.39 is 5.76 Å². The van der Waals surface area contributed by atoms with Crippen molar-refractivity contribution >= 4 is 11.8 Å². The van der Waals surface area contributed by atoms with Crippen LogP contribution in [0.4, 0.5) is 8.78 Å². The van der Waals surface area contributed by atoms with E-state index in [2.05, 4.69) is 5.32 Å². The molecule has 1 atom stereocenters. The highest BCUT2D eigenvalue weighted by molar-refractivity contribution is 7.99. The Morgan fingerprint density at radius 2 is 2.06 bits per heavy atom. The molecule has 2 rings (SSSR count). The molecule has 94 valence electrons. The monoisotopic (exact) mass is 257 g/mol. The van der Waals surface area contributed by atoms with Crippen LogP contribution in [-0.4, -0.2) is 18.8 Å². The van der Waals surface area contributed by atoms with Gasteiger partial charge in [0.1, 0.15) is 0 Å². The maximum absolute atomic E-state index is 12.1. The van der Waals surface area contributed by atoms with Crippen LogP contribution in [0.25, 0.3) is 0 Å². The number of piperidine rings is 1. The van der Waals surface area contributed by atoms with E-state index in [4.69, 9.17) is 0 Å². The summed E-state index contributed by atoms with van der Waals surface area (Å²) in [5, 5.41) is 3.39. The molecule has 1 fully saturated rings. The summed E-state index contributed by atoms with van der Waals surface area (Å²) in [6, 6.07) is 7.53. The topological polar surface area (TPSA) is 12.0 Å². The fourth-order valence-electron chi connectivity index (χ4n) is 2.24. The van der Waals surface area contributed by atoms with Gasteiger partial charge in [-0.15, -0.1) is 0 Å². The Morgan fingerprint density at radius 1 is 1.29 bits per heavy atom. The number of thioether (sulfide) groups is 1. The largest absolute Gasteiger partial charge is 0.316 e. The zero-order valence-electron chi connectivity index (χ0n) is 9.66. The Kier molecular flexibility index (Phi) is 4.80. The quantitative estimate of drug-likeness (QED) is 0.828. The van der Waals surface area contributed by atoms with Crippen LogP contribution in [0.2, 0.25) is 0 Å². The Balaban J connectivity index is 1.88. The van der Waals surface area contributed by atoms with E-state index in [1.807, 2.05) is 12.1 Å². The lowest BCUT2D eigenvalue weighted by Crippen LogP contribution is -2.30. The second-order valence-electron chi connectivity index (χ2n) is 4.44. The van der Waals surface area contributed by atoms with E-state index in [-0.39, 0.29) is 0 Å². The third-order valence-electron chi connectivity index (χ3n) is 3.07. The minimum absolute atomic E-state index is 0.608. The van der Waals surface area contributed by atoms with E-state index in [1.165, 1.54) is 18.4 Å². The molecule has 1 aliphatic rings. The predicted octanol–water partition coefficient (Wildman–Crippen LogP) is 3.54. The van der Waals surface area contributed by atoms with Crippen LogP contribution in [-0.2, 0) is 6.42 Å². The second kappa shape index (κ2) is 6.36. The molecule has 0 amide bonds. The number of nitrogens with one attached hydrogen (secondary N) is 1. The summed E-state index contributed by atoms with van der Waals surface area (Å²) in [5.41, 5.74) is 1.25. The van der Waals surface area contributed by atoms with E-state index >= 15 is 0 Å². The first-order chi connectivity index (χ1) is 8.24. The van der Waals surface area contributed by atoms with Gasteiger partial charge >= 0.3 is 0 Å². The fraction of sp³-hybridized carbons (Fsp3) is 0.538. The molecular formula is C13H17F2NS. The molecule has 0 bridgehead atoms. The minimum Gasteiger partial charge on any atom is -0.316 e. The Bertz CT molecular complexity index is 334. The van der Waals surface area contributed by atoms with Crippen LogP contribution in [0.1, 0.15) is 18.4 Å². The molecular weight excluding hydrogens is 240 g/mol. The van der Waals surface area contributed by atoms with Gasteiger partial charge in [-0.05, 0) is 56.0 Å². The van der Waals surface area contributed by atoms with Crippen molar-refractivity contribution in [3.8, 4) is 0 Å². The van der Waals surface area contributed by atoms with Gasteiger partial charge in [0.25, 0.3) is 5.76 Å². The molecule has 0 spiro atoms. The number of halogens is 2. The van der Waals surface area contributed by atoms with Gasteiger partial charge in [-0.1, -0.05) is 23.9 Å². The van der Waals surface area contributed by atoms with Gasteiger partial charge in [0, 0.05) is 4.90 Å². The highest BCUT2D eigenvalue weighted by Crippen LogP contribution is 2.26. The lowest BCUT2D eigenvalue weighted by atomic mass is 9.92. The fourth-order valence-corrected chi connectivity index (χ4v) is 2.74. The first kappa shape index (κ1) is 12.8. The van der Waals surface area contributed by atoms with Crippen molar-refractivity contribution in [3.63, 3.8) is 0 Å². The zero-order valence-corrected chi connectivity index (χ0v) is 10.5. The zero-order chi connectivity index (χ0) is 12.1. The summed E-state index contributed by atoms with van der Waals surface area (Å²) < 4.78 is 24.3. The molecule has 17 heavy (non-hydrogen) atoms. The lowest BCUT2D eigenvalue weighted by molar-refractivity contribution is 0.252. The third kappa shape index (κ3) is 4.28. The van der Waals surface area contributed by atoms with Crippen molar-refractivity contribution in [2.24, 2.45) is 5.92 Å². The van der Waals surface area contributed by atoms with Crippen LogP contribution >= 0.6 is 11.8 Å². The highest BCUT2D eigenvalue weighted by atomic mass is 32.2. The summed E-state index contributed by atoms with van der Waals surface area (Å²) in [7, 11) is 0. The van der Waals surface area contributed by atoms with Gasteiger partial charge in [0.15, 0.2) is 0 Å². The standard InChI is InChI=1S/C13H17F2NS/c14-13(15)17-12-5-3-10(4-6-12)8-11-2-1-7-16-9-11/h3-6,11,13,16H,1-2,7-9H2. The van der Waals surface area contributed by atoms with Gasteiger partial charge < -0.3 is 5.32 Å². The number of benzene rings is 1. The van der Waals surface area contributed by atoms with Crippen molar-refractivity contribution in [2.45, 2.75) is 29.9 Å². The molecule has 0 aliphatic carbocycles. The van der Waals surface area contributed by atoms with E-state index in [9.17, 15) is 8.78 Å². The molecule has 0 aromatic heterocycles. The number of rotatable bonds is 4. The van der Waals surface area contributed by atoms with Crippen molar-refractivity contribution in [3.05, 3.63) is 29.8 Å². The van der Waals surface area contributed by atoms with Crippen LogP contribution < -0.4 is 5.32 Å². The van der Waals surface area contributed by atoms with Gasteiger partial charge in [0.2, 0.25) is 0 Å². The second-order valence-corrected chi connectivity index (χ2v) is 5.50. The van der Waals surface area contributed by atoms with Crippen molar-refractivity contribution in [1.29, 1.82) is 0 Å². The summed E-state index contributed by atoms with van der Waals surface area (Å²) in [6.45, 7) is 2.20. The van der Waals surface area contributed by atoms with Crippen molar-refractivity contribution in [1.82, 2.24) is 5.32 Å². The van der Waals surface area contributed by atoms with Gasteiger partial charge in [-0.25, -0.2) is 0 Å². The number of hydrogen-bond acceptors (Lipinski definition) is 2. The molecule has 1 aromatic rings. The molecule has 1 saturated heterocycles. The van der Waals surface area contributed by atoms with Gasteiger partial charge in [0.05, 0.1) is 0 Å². The molecule has 1 aromatic carbocycles. The van der Waals surface area contributed by atoms with Crippen LogP contribution in [0.5, 0.6) is 0 Å². The lowest BCUT2D eigenvalue weighted by Gasteiger charge is -2.22. The van der Waals surface area contributed by atoms with Crippen LogP contribution in [0.15, 0.2) is 29.2 Å². The van der Waals surface area contributed by atoms with Gasteiger partial charge in [-0.3, -0.25) is 0 Å². The summed E-state index contributed by atoms with van der Waals surface area (Å²) in [6.07, 6.45) is 3.55. The molecule has 4 heteroatoms. The Morgan fingerprint density at radius 3 is 2.65 bits per heavy atom. The van der Waals surface area contributed by atoms with Crippen LogP contribution in [0.3, 0.4) is 0 Å². The maximum atomic E-state index is 12.1. The summed E-state index contributed by atoms with van der Waals surface area (Å²) in [4.78, 5) is 0.644. The molecule has 1 N–H and O–H groups in total. The summed E-state index contributed by atoms with van der Waals surface area (Å²) in [5.74, 6) is -1.64. The summed E-state index contributed by atoms with van der Waals surface area (Å²) >= 11 is 0.608. The van der Waals surface area contributed by atoms with E-state index in [0.717, 1.165) is 19.5 Å². The number of alkyl halides is 2. The number of hydrogen-bond donors (Lipinski definition) is 1. The molecule has 1 nitrogen and oxygen atoms in total. The van der Waals surface area contributed by atoms with E-state index in [0.29, 0.717) is 22.6 Å². The highest BCUT2D eigenvalue weighted by Gasteiger charge is 2.13. The predicted molar refractivity (Wildman–Crippen MR) is 67.6 cm³/mol. The molecule has 1 aliphatic heterocycles. The van der Waals surface area contributed by atoms with Crippen LogP contribution in [0, 0.1) is 5.92 Å². The maximum Gasteiger partial charge on any atom is 0.288 e. The third-order valence-corrected chi connectivity index (χ3v) is 3.79. The Labute approximate surface area is 105 Å².